The number of nitriles is 1. The highest BCUT2D eigenvalue weighted by atomic mass is 35.5. The molecule has 0 aromatic heterocycles. The monoisotopic (exact) mass is 265 g/mol. The number of anilines is 1. The Bertz CT molecular complexity index is 489. The van der Waals surface area contributed by atoms with Crippen LogP contribution in [0.15, 0.2) is 18.2 Å². The van der Waals surface area contributed by atoms with Crippen LogP contribution < -0.4 is 11.1 Å². The summed E-state index contributed by atoms with van der Waals surface area (Å²) in [5.41, 5.74) is 6.03. The van der Waals surface area contributed by atoms with Gasteiger partial charge in [0.1, 0.15) is 6.07 Å². The lowest BCUT2D eigenvalue weighted by atomic mass is 9.93. The van der Waals surface area contributed by atoms with E-state index in [1.54, 1.807) is 18.2 Å². The lowest BCUT2D eigenvalue weighted by Gasteiger charge is -2.25. The van der Waals surface area contributed by atoms with Crippen LogP contribution in [0.1, 0.15) is 32.3 Å². The molecule has 0 bridgehead atoms. The van der Waals surface area contributed by atoms with E-state index in [2.05, 4.69) is 5.32 Å². The minimum Gasteiger partial charge on any atom is -0.324 e. The Morgan fingerprint density at radius 1 is 1.50 bits per heavy atom. The van der Waals surface area contributed by atoms with Gasteiger partial charge in [0, 0.05) is 5.69 Å². The summed E-state index contributed by atoms with van der Waals surface area (Å²) in [6.45, 7) is 3.74. The number of carbonyl (C=O) groups excluding carboxylic acids is 1. The van der Waals surface area contributed by atoms with E-state index in [0.29, 0.717) is 29.1 Å². The van der Waals surface area contributed by atoms with Crippen molar-refractivity contribution >= 4 is 23.2 Å². The number of amides is 1. The largest absolute Gasteiger partial charge is 0.324 e. The topological polar surface area (TPSA) is 78.9 Å². The standard InChI is InChI=1S/C13H16ClN3O/c1-3-13(16,4-2)12(18)17-10-6-5-9(8-15)11(14)7-10/h5-7H,3-4,16H2,1-2H3,(H,17,18). The molecule has 0 unspecified atom stereocenters. The Morgan fingerprint density at radius 2 is 2.11 bits per heavy atom. The highest BCUT2D eigenvalue weighted by Gasteiger charge is 2.29. The third-order valence-electron chi connectivity index (χ3n) is 3.06. The molecule has 3 N–H and O–H groups in total. The van der Waals surface area contributed by atoms with Gasteiger partial charge in [0.15, 0.2) is 0 Å². The number of nitrogens with one attached hydrogen (secondary N) is 1. The zero-order chi connectivity index (χ0) is 13.8. The Hall–Kier alpha value is -1.57. The molecule has 0 atom stereocenters. The van der Waals surface area contributed by atoms with Crippen LogP contribution in [0.4, 0.5) is 5.69 Å². The number of benzene rings is 1. The molecule has 1 amide bonds. The van der Waals surface area contributed by atoms with Crippen LogP contribution in [-0.2, 0) is 4.79 Å². The first kappa shape index (κ1) is 14.5. The van der Waals surface area contributed by atoms with Crippen LogP contribution in [0.3, 0.4) is 0 Å². The van der Waals surface area contributed by atoms with Gasteiger partial charge < -0.3 is 11.1 Å². The van der Waals surface area contributed by atoms with Crippen LogP contribution >= 0.6 is 11.6 Å². The molecule has 0 saturated carbocycles. The molecule has 0 aliphatic rings. The summed E-state index contributed by atoms with van der Waals surface area (Å²) in [5, 5.41) is 11.8. The first-order valence-electron chi connectivity index (χ1n) is 5.76. The average molecular weight is 266 g/mol. The van der Waals surface area contributed by atoms with Gasteiger partial charge in [-0.1, -0.05) is 25.4 Å². The molecular formula is C13H16ClN3O. The van der Waals surface area contributed by atoms with Gasteiger partial charge >= 0.3 is 0 Å². The van der Waals surface area contributed by atoms with Crippen molar-refractivity contribution in [1.29, 1.82) is 5.26 Å². The summed E-state index contributed by atoms with van der Waals surface area (Å²) in [7, 11) is 0. The molecule has 96 valence electrons. The number of hydrogen-bond donors (Lipinski definition) is 2. The minimum absolute atomic E-state index is 0.242. The first-order valence-corrected chi connectivity index (χ1v) is 6.14. The third kappa shape index (κ3) is 3.00. The van der Waals surface area contributed by atoms with E-state index < -0.39 is 5.54 Å². The summed E-state index contributed by atoms with van der Waals surface area (Å²) in [4.78, 5) is 12.0. The van der Waals surface area contributed by atoms with Gasteiger partial charge in [0.05, 0.1) is 16.1 Å². The summed E-state index contributed by atoms with van der Waals surface area (Å²) in [5.74, 6) is -0.242. The van der Waals surface area contributed by atoms with Crippen LogP contribution in [0, 0.1) is 11.3 Å². The average Bonchev–Trinajstić information content (AvgIpc) is 2.38. The van der Waals surface area contributed by atoms with Crippen molar-refractivity contribution in [2.75, 3.05) is 5.32 Å². The smallest absolute Gasteiger partial charge is 0.244 e. The summed E-state index contributed by atoms with van der Waals surface area (Å²) < 4.78 is 0. The van der Waals surface area contributed by atoms with Gasteiger partial charge in [-0.05, 0) is 31.0 Å². The van der Waals surface area contributed by atoms with E-state index in [4.69, 9.17) is 22.6 Å². The molecule has 0 aliphatic carbocycles. The second-order valence-electron chi connectivity index (χ2n) is 4.12. The second kappa shape index (κ2) is 5.85. The number of nitrogens with zero attached hydrogens (tertiary/aromatic N) is 1. The fourth-order valence-corrected chi connectivity index (χ4v) is 1.73. The molecule has 1 rings (SSSR count). The van der Waals surface area contributed by atoms with E-state index in [-0.39, 0.29) is 5.91 Å². The zero-order valence-electron chi connectivity index (χ0n) is 10.5. The Kier molecular flexibility index (Phi) is 4.71. The molecule has 0 saturated heterocycles. The fourth-order valence-electron chi connectivity index (χ4n) is 1.51. The Labute approximate surface area is 112 Å². The molecule has 1 aromatic carbocycles. The molecule has 1 aromatic rings. The van der Waals surface area contributed by atoms with Crippen molar-refractivity contribution in [1.82, 2.24) is 0 Å². The zero-order valence-corrected chi connectivity index (χ0v) is 11.2. The van der Waals surface area contributed by atoms with E-state index in [1.807, 2.05) is 19.9 Å². The van der Waals surface area contributed by atoms with Gasteiger partial charge in [0.2, 0.25) is 5.91 Å². The van der Waals surface area contributed by atoms with E-state index >= 15 is 0 Å². The number of rotatable bonds is 4. The van der Waals surface area contributed by atoms with Crippen molar-refractivity contribution in [3.8, 4) is 6.07 Å². The maximum atomic E-state index is 12.0. The normalized spacial score (nSPS) is 10.8. The predicted molar refractivity (Wildman–Crippen MR) is 72.3 cm³/mol. The van der Waals surface area contributed by atoms with E-state index in [0.717, 1.165) is 0 Å². The van der Waals surface area contributed by atoms with Crippen molar-refractivity contribution in [3.63, 3.8) is 0 Å². The third-order valence-corrected chi connectivity index (χ3v) is 3.37. The van der Waals surface area contributed by atoms with Crippen LogP contribution in [0.2, 0.25) is 5.02 Å². The molecule has 0 aliphatic heterocycles. The molecule has 4 nitrogen and oxygen atoms in total. The van der Waals surface area contributed by atoms with Crippen molar-refractivity contribution in [2.24, 2.45) is 5.73 Å². The van der Waals surface area contributed by atoms with Crippen molar-refractivity contribution in [3.05, 3.63) is 28.8 Å². The van der Waals surface area contributed by atoms with Crippen LogP contribution in [0.5, 0.6) is 0 Å². The summed E-state index contributed by atoms with van der Waals surface area (Å²) in [6.07, 6.45) is 1.11. The first-order chi connectivity index (χ1) is 8.46. The second-order valence-corrected chi connectivity index (χ2v) is 4.53. The number of hydrogen-bond acceptors (Lipinski definition) is 3. The number of carbonyl (C=O) groups is 1. The Morgan fingerprint density at radius 3 is 2.56 bits per heavy atom. The molecular weight excluding hydrogens is 250 g/mol. The quantitative estimate of drug-likeness (QED) is 0.878. The molecule has 18 heavy (non-hydrogen) atoms. The molecule has 0 radical (unpaired) electrons. The lowest BCUT2D eigenvalue weighted by Crippen LogP contribution is -2.50. The van der Waals surface area contributed by atoms with Crippen molar-refractivity contribution in [2.45, 2.75) is 32.2 Å². The fraction of sp³-hybridized carbons (Fsp3) is 0.385. The molecule has 0 fully saturated rings. The predicted octanol–water partition coefficient (Wildman–Crippen LogP) is 2.67. The summed E-state index contributed by atoms with van der Waals surface area (Å²) in [6, 6.07) is 6.70. The highest BCUT2D eigenvalue weighted by molar-refractivity contribution is 6.32. The van der Waals surface area contributed by atoms with Gasteiger partial charge in [-0.25, -0.2) is 0 Å². The Balaban J connectivity index is 2.90. The van der Waals surface area contributed by atoms with Gasteiger partial charge in [-0.2, -0.15) is 5.26 Å². The number of nitrogens with two attached hydrogens (primary N) is 1. The lowest BCUT2D eigenvalue weighted by molar-refractivity contribution is -0.121. The maximum absolute atomic E-state index is 12.0. The minimum atomic E-state index is -0.875. The molecule has 5 heteroatoms. The van der Waals surface area contributed by atoms with Gasteiger partial charge in [-0.15, -0.1) is 0 Å². The number of halogens is 1. The van der Waals surface area contributed by atoms with E-state index in [9.17, 15) is 4.79 Å². The van der Waals surface area contributed by atoms with E-state index in [1.165, 1.54) is 0 Å². The van der Waals surface area contributed by atoms with Gasteiger partial charge in [0.25, 0.3) is 0 Å². The van der Waals surface area contributed by atoms with Crippen LogP contribution in [-0.4, -0.2) is 11.4 Å². The summed E-state index contributed by atoms with van der Waals surface area (Å²) >= 11 is 5.89. The highest BCUT2D eigenvalue weighted by Crippen LogP contribution is 2.22. The van der Waals surface area contributed by atoms with Crippen LogP contribution in [0.25, 0.3) is 0 Å². The molecule has 0 spiro atoms. The van der Waals surface area contributed by atoms with Gasteiger partial charge in [-0.3, -0.25) is 4.79 Å². The molecule has 0 heterocycles. The maximum Gasteiger partial charge on any atom is 0.244 e. The van der Waals surface area contributed by atoms with Crippen molar-refractivity contribution < 1.29 is 4.79 Å². The SMILES string of the molecule is CCC(N)(CC)C(=O)Nc1ccc(C#N)c(Cl)c1.